The van der Waals surface area contributed by atoms with Gasteiger partial charge in [-0.15, -0.1) is 0 Å². The highest BCUT2D eigenvalue weighted by molar-refractivity contribution is 6.31. The fourth-order valence-corrected chi connectivity index (χ4v) is 5.57. The third kappa shape index (κ3) is 5.17. The summed E-state index contributed by atoms with van der Waals surface area (Å²) in [5.41, 5.74) is 2.81. The lowest BCUT2D eigenvalue weighted by molar-refractivity contribution is 0.187. The third-order valence-corrected chi connectivity index (χ3v) is 7.52. The molecule has 2 aliphatic rings. The summed E-state index contributed by atoms with van der Waals surface area (Å²) in [7, 11) is 0. The van der Waals surface area contributed by atoms with Crippen molar-refractivity contribution in [1.29, 1.82) is 0 Å². The van der Waals surface area contributed by atoms with Gasteiger partial charge in [-0.05, 0) is 67.4 Å². The molecule has 0 amide bonds. The van der Waals surface area contributed by atoms with Gasteiger partial charge < -0.3 is 0 Å². The average Bonchev–Trinajstić information content (AvgIpc) is 2.71. The van der Waals surface area contributed by atoms with Crippen LogP contribution in [0.1, 0.15) is 95.6 Å². The fraction of sp³-hybridized carbons (Fsp3) is 0.680. The number of allylic oxidation sites excluding steroid dienone is 2. The molecule has 0 aliphatic heterocycles. The largest absolute Gasteiger partial charge is 0.205 e. The first-order chi connectivity index (χ1) is 13.1. The van der Waals surface area contributed by atoms with Crippen molar-refractivity contribution in [3.05, 3.63) is 40.2 Å². The van der Waals surface area contributed by atoms with Gasteiger partial charge in [0.2, 0.25) is 0 Å². The highest BCUT2D eigenvalue weighted by Crippen LogP contribution is 2.43. The van der Waals surface area contributed by atoms with E-state index in [9.17, 15) is 4.39 Å². The number of unbranched alkanes of at least 4 members (excludes halogenated alkanes) is 2. The summed E-state index contributed by atoms with van der Waals surface area (Å²) in [4.78, 5) is 0. The van der Waals surface area contributed by atoms with Crippen LogP contribution < -0.4 is 0 Å². The first-order valence-corrected chi connectivity index (χ1v) is 11.7. The predicted molar refractivity (Wildman–Crippen MR) is 116 cm³/mol. The molecule has 0 bridgehead atoms. The summed E-state index contributed by atoms with van der Waals surface area (Å²) < 4.78 is 14.7. The third-order valence-electron chi connectivity index (χ3n) is 7.11. The molecular weight excluding hydrogens is 355 g/mol. The lowest BCUT2D eigenvalue weighted by Crippen LogP contribution is -2.23. The quantitative estimate of drug-likeness (QED) is 0.408. The second-order valence-corrected chi connectivity index (χ2v) is 9.17. The zero-order valence-corrected chi connectivity index (χ0v) is 18.0. The Morgan fingerprint density at radius 3 is 2.41 bits per heavy atom. The maximum Gasteiger partial charge on any atom is 0.149 e. The SMILES string of the molecule is CCCCCC1CCC(C2CC=C(c3ccc(CC)c(Cl)c3F)CC2)CC1. The lowest BCUT2D eigenvalue weighted by atomic mass is 9.70. The first-order valence-electron chi connectivity index (χ1n) is 11.3. The predicted octanol–water partition coefficient (Wildman–Crippen LogP) is 8.61. The van der Waals surface area contributed by atoms with Gasteiger partial charge in [-0.25, -0.2) is 4.39 Å². The van der Waals surface area contributed by atoms with E-state index in [4.69, 9.17) is 11.6 Å². The van der Waals surface area contributed by atoms with E-state index in [1.807, 2.05) is 19.1 Å². The van der Waals surface area contributed by atoms with Gasteiger partial charge in [-0.3, -0.25) is 0 Å². The molecule has 0 aromatic heterocycles. The van der Waals surface area contributed by atoms with E-state index in [2.05, 4.69) is 13.0 Å². The van der Waals surface area contributed by atoms with Gasteiger partial charge in [0, 0.05) is 5.56 Å². The molecule has 0 radical (unpaired) electrons. The number of aryl methyl sites for hydroxylation is 1. The second-order valence-electron chi connectivity index (χ2n) is 8.79. The Labute approximate surface area is 170 Å². The summed E-state index contributed by atoms with van der Waals surface area (Å²) in [6, 6.07) is 3.93. The van der Waals surface area contributed by atoms with Crippen molar-refractivity contribution in [2.24, 2.45) is 17.8 Å². The molecule has 0 nitrogen and oxygen atoms in total. The van der Waals surface area contributed by atoms with Gasteiger partial charge in [0.15, 0.2) is 0 Å². The van der Waals surface area contributed by atoms with Gasteiger partial charge in [0.25, 0.3) is 0 Å². The van der Waals surface area contributed by atoms with E-state index in [0.29, 0.717) is 5.02 Å². The molecule has 0 saturated heterocycles. The Bertz CT molecular complexity index is 640. The van der Waals surface area contributed by atoms with Crippen LogP contribution >= 0.6 is 11.6 Å². The van der Waals surface area contributed by atoms with Crippen molar-refractivity contribution < 1.29 is 4.39 Å². The van der Waals surface area contributed by atoms with Crippen molar-refractivity contribution in [3.8, 4) is 0 Å². The van der Waals surface area contributed by atoms with E-state index < -0.39 is 0 Å². The summed E-state index contributed by atoms with van der Waals surface area (Å²) in [5.74, 6) is 2.46. The van der Waals surface area contributed by atoms with Gasteiger partial charge in [0.1, 0.15) is 5.82 Å². The minimum atomic E-state index is -0.215. The molecule has 1 atom stereocenters. The smallest absolute Gasteiger partial charge is 0.149 e. The molecule has 1 aromatic carbocycles. The Kier molecular flexibility index (Phi) is 7.82. The lowest BCUT2D eigenvalue weighted by Gasteiger charge is -2.35. The molecule has 0 N–H and O–H groups in total. The van der Waals surface area contributed by atoms with E-state index in [-0.39, 0.29) is 5.82 Å². The van der Waals surface area contributed by atoms with Crippen LogP contribution in [0.15, 0.2) is 18.2 Å². The topological polar surface area (TPSA) is 0 Å². The first kappa shape index (κ1) is 20.9. The van der Waals surface area contributed by atoms with Crippen LogP contribution in [0.5, 0.6) is 0 Å². The van der Waals surface area contributed by atoms with Crippen molar-refractivity contribution in [2.45, 2.75) is 90.9 Å². The van der Waals surface area contributed by atoms with Crippen molar-refractivity contribution >= 4 is 17.2 Å². The normalized spacial score (nSPS) is 26.1. The number of rotatable bonds is 7. The van der Waals surface area contributed by atoms with E-state index >= 15 is 0 Å². The zero-order valence-electron chi connectivity index (χ0n) is 17.2. The highest BCUT2D eigenvalue weighted by atomic mass is 35.5. The van der Waals surface area contributed by atoms with Crippen molar-refractivity contribution in [2.75, 3.05) is 0 Å². The Balaban J connectivity index is 1.54. The molecule has 1 fully saturated rings. The minimum absolute atomic E-state index is 0.215. The van der Waals surface area contributed by atoms with Crippen LogP contribution in [0.3, 0.4) is 0 Å². The molecule has 0 spiro atoms. The molecule has 3 rings (SSSR count). The van der Waals surface area contributed by atoms with Crippen LogP contribution in [-0.2, 0) is 6.42 Å². The molecule has 27 heavy (non-hydrogen) atoms. The molecule has 150 valence electrons. The summed E-state index contributed by atoms with van der Waals surface area (Å²) in [6.07, 6.45) is 17.7. The van der Waals surface area contributed by atoms with Gasteiger partial charge in [-0.1, -0.05) is 82.2 Å². The van der Waals surface area contributed by atoms with Gasteiger partial charge in [0.05, 0.1) is 5.02 Å². The Morgan fingerprint density at radius 1 is 1.00 bits per heavy atom. The summed E-state index contributed by atoms with van der Waals surface area (Å²) in [6.45, 7) is 4.31. The number of hydrogen-bond donors (Lipinski definition) is 0. The van der Waals surface area contributed by atoms with Crippen LogP contribution in [0.2, 0.25) is 5.02 Å². The molecule has 1 saturated carbocycles. The van der Waals surface area contributed by atoms with Crippen LogP contribution in [-0.4, -0.2) is 0 Å². The summed E-state index contributed by atoms with van der Waals surface area (Å²) >= 11 is 6.22. The standard InChI is InChI=1S/C25H36ClF/c1-3-5-6-7-18-8-10-20(11-9-18)21-12-14-22(15-13-21)23-17-16-19(4-2)24(26)25(23)27/h14,16-18,20-21H,3-13,15H2,1-2H3. The molecule has 1 aromatic rings. The van der Waals surface area contributed by atoms with E-state index in [0.717, 1.165) is 48.1 Å². The molecule has 1 unspecified atom stereocenters. The molecule has 2 aliphatic carbocycles. The Hall–Kier alpha value is -0.820. The van der Waals surface area contributed by atoms with Crippen molar-refractivity contribution in [1.82, 2.24) is 0 Å². The monoisotopic (exact) mass is 390 g/mol. The summed E-state index contributed by atoms with van der Waals surface area (Å²) in [5, 5.41) is 0.319. The zero-order chi connectivity index (χ0) is 19.2. The fourth-order valence-electron chi connectivity index (χ4n) is 5.27. The van der Waals surface area contributed by atoms with E-state index in [1.165, 1.54) is 63.4 Å². The van der Waals surface area contributed by atoms with Crippen LogP contribution in [0, 0.1) is 23.6 Å². The number of halogens is 2. The van der Waals surface area contributed by atoms with E-state index in [1.54, 1.807) is 0 Å². The average molecular weight is 391 g/mol. The Morgan fingerprint density at radius 2 is 1.78 bits per heavy atom. The molecule has 0 heterocycles. The molecular formula is C25H36ClF. The maximum atomic E-state index is 14.7. The van der Waals surface area contributed by atoms with Crippen molar-refractivity contribution in [3.63, 3.8) is 0 Å². The van der Waals surface area contributed by atoms with Crippen LogP contribution in [0.25, 0.3) is 5.57 Å². The highest BCUT2D eigenvalue weighted by Gasteiger charge is 2.29. The maximum absolute atomic E-state index is 14.7. The molecule has 2 heteroatoms. The number of hydrogen-bond acceptors (Lipinski definition) is 0. The van der Waals surface area contributed by atoms with Gasteiger partial charge >= 0.3 is 0 Å². The number of benzene rings is 1. The minimum Gasteiger partial charge on any atom is -0.205 e. The second kappa shape index (κ2) is 10.1. The van der Waals surface area contributed by atoms with Gasteiger partial charge in [-0.2, -0.15) is 0 Å². The van der Waals surface area contributed by atoms with Crippen LogP contribution in [0.4, 0.5) is 4.39 Å².